The van der Waals surface area contributed by atoms with Crippen LogP contribution in [-0.4, -0.2) is 14.3 Å². The quantitative estimate of drug-likeness (QED) is 0.635. The van der Waals surface area contributed by atoms with Crippen LogP contribution < -0.4 is 10.3 Å². The third kappa shape index (κ3) is 3.04. The first-order valence-corrected chi connectivity index (χ1v) is 9.17. The zero-order chi connectivity index (χ0) is 17.5. The molecule has 10 heteroatoms. The van der Waals surface area contributed by atoms with Crippen LogP contribution in [0.1, 0.15) is 26.5 Å². The fourth-order valence-electron chi connectivity index (χ4n) is 2.39. The summed E-state index contributed by atoms with van der Waals surface area (Å²) in [4.78, 5) is 13.9. The highest BCUT2D eigenvalue weighted by molar-refractivity contribution is 7.89. The van der Waals surface area contributed by atoms with Crippen LogP contribution >= 0.6 is 11.3 Å². The first-order chi connectivity index (χ1) is 11.3. The molecule has 0 saturated carbocycles. The number of aryl methyl sites for hydroxylation is 2. The number of carbonyl (C=O) groups is 1. The number of hydrazine groups is 1. The van der Waals surface area contributed by atoms with Crippen LogP contribution in [0.15, 0.2) is 23.1 Å². The van der Waals surface area contributed by atoms with E-state index in [9.17, 15) is 26.4 Å². The van der Waals surface area contributed by atoms with Gasteiger partial charge in [0.25, 0.3) is 15.9 Å². The molecule has 0 fully saturated rings. The Morgan fingerprint density at radius 1 is 1.12 bits per heavy atom. The maximum absolute atomic E-state index is 13.6. The van der Waals surface area contributed by atoms with Crippen molar-refractivity contribution in [1.82, 2.24) is 10.3 Å². The van der Waals surface area contributed by atoms with Crippen LogP contribution in [0.5, 0.6) is 0 Å². The molecule has 0 atom stereocenters. The molecule has 0 unspecified atom stereocenters. The van der Waals surface area contributed by atoms with Crippen molar-refractivity contribution in [2.45, 2.75) is 24.2 Å². The van der Waals surface area contributed by atoms with Gasteiger partial charge in [-0.05, 0) is 43.0 Å². The zero-order valence-corrected chi connectivity index (χ0v) is 13.7. The van der Waals surface area contributed by atoms with Crippen molar-refractivity contribution in [3.63, 3.8) is 0 Å². The minimum Gasteiger partial charge on any atom is -0.273 e. The smallest absolute Gasteiger partial charge is 0.273 e. The van der Waals surface area contributed by atoms with Crippen molar-refractivity contribution < 1.29 is 26.4 Å². The second-order valence-electron chi connectivity index (χ2n) is 5.15. The number of carbonyl (C=O) groups excluding carboxylic acids is 1. The summed E-state index contributed by atoms with van der Waals surface area (Å²) in [7, 11) is -4.59. The monoisotopic (exact) mass is 376 g/mol. The lowest BCUT2D eigenvalue weighted by atomic mass is 10.2. The van der Waals surface area contributed by atoms with Crippen LogP contribution in [0.2, 0.25) is 0 Å². The van der Waals surface area contributed by atoms with Crippen molar-refractivity contribution in [2.75, 3.05) is 0 Å². The largest absolute Gasteiger partial charge is 0.276 e. The van der Waals surface area contributed by atoms with E-state index in [4.69, 9.17) is 0 Å². The second-order valence-corrected chi connectivity index (χ2v) is 7.93. The van der Waals surface area contributed by atoms with E-state index >= 15 is 0 Å². The summed E-state index contributed by atoms with van der Waals surface area (Å²) in [5.41, 5.74) is 2.99. The van der Waals surface area contributed by atoms with Crippen molar-refractivity contribution in [3.8, 4) is 0 Å². The number of nitrogens with one attached hydrogen (secondary N) is 2. The molecule has 2 aromatic rings. The van der Waals surface area contributed by atoms with E-state index in [0.29, 0.717) is 17.0 Å². The Kier molecular flexibility index (Phi) is 4.37. The highest BCUT2D eigenvalue weighted by atomic mass is 32.2. The fourth-order valence-corrected chi connectivity index (χ4v) is 4.45. The molecule has 3 rings (SSSR count). The standard InChI is InChI=1S/C14H11F3N2O3S2/c15-8-4-5-11(13(17)12(8)16)24(21,22)19-18-14(20)10-6-7-2-1-3-9(7)23-10/h4-6,19H,1-3H2,(H,18,20). The van der Waals surface area contributed by atoms with Crippen LogP contribution in [0.3, 0.4) is 0 Å². The van der Waals surface area contributed by atoms with Crippen LogP contribution in [-0.2, 0) is 22.9 Å². The molecule has 0 spiro atoms. The topological polar surface area (TPSA) is 75.3 Å². The predicted octanol–water partition coefficient (Wildman–Crippen LogP) is 2.28. The molecular weight excluding hydrogens is 365 g/mol. The molecule has 0 aliphatic heterocycles. The molecule has 1 aromatic carbocycles. The SMILES string of the molecule is O=C(NNS(=O)(=O)c1ccc(F)c(F)c1F)c1cc2c(s1)CCC2. The van der Waals surface area contributed by atoms with Gasteiger partial charge in [-0.15, -0.1) is 16.2 Å². The summed E-state index contributed by atoms with van der Waals surface area (Å²) in [5.74, 6) is -5.98. The molecule has 1 aliphatic carbocycles. The molecule has 1 aromatic heterocycles. The molecule has 0 saturated heterocycles. The molecular formula is C14H11F3N2O3S2. The highest BCUT2D eigenvalue weighted by Crippen LogP contribution is 2.30. The lowest BCUT2D eigenvalue weighted by molar-refractivity contribution is 0.0949. The van der Waals surface area contributed by atoms with Gasteiger partial charge in [0.1, 0.15) is 4.90 Å². The van der Waals surface area contributed by atoms with E-state index in [1.165, 1.54) is 11.3 Å². The van der Waals surface area contributed by atoms with E-state index in [0.717, 1.165) is 29.7 Å². The number of hydrogen-bond acceptors (Lipinski definition) is 4. The normalized spacial score (nSPS) is 13.8. The Bertz CT molecular complexity index is 904. The van der Waals surface area contributed by atoms with Gasteiger partial charge < -0.3 is 0 Å². The Hall–Kier alpha value is -1.91. The summed E-state index contributed by atoms with van der Waals surface area (Å²) < 4.78 is 63.5. The average molecular weight is 376 g/mol. The van der Waals surface area contributed by atoms with E-state index < -0.39 is 38.3 Å². The second kappa shape index (κ2) is 6.19. The summed E-state index contributed by atoms with van der Waals surface area (Å²) in [6.45, 7) is 0. The fraction of sp³-hybridized carbons (Fsp3) is 0.214. The average Bonchev–Trinajstić information content (AvgIpc) is 3.11. The summed E-state index contributed by atoms with van der Waals surface area (Å²) >= 11 is 1.25. The number of fused-ring (bicyclic) bond motifs is 1. The number of sulfonamides is 1. The minimum absolute atomic E-state index is 0.313. The molecule has 2 N–H and O–H groups in total. The molecule has 0 bridgehead atoms. The number of rotatable bonds is 4. The van der Waals surface area contributed by atoms with Crippen LogP contribution in [0.25, 0.3) is 0 Å². The van der Waals surface area contributed by atoms with E-state index in [1.807, 2.05) is 5.43 Å². The Labute approximate surface area is 139 Å². The molecule has 1 heterocycles. The van der Waals surface area contributed by atoms with Gasteiger partial charge in [0, 0.05) is 4.88 Å². The first kappa shape index (κ1) is 16.9. The van der Waals surface area contributed by atoms with Gasteiger partial charge in [-0.2, -0.15) is 0 Å². The van der Waals surface area contributed by atoms with Gasteiger partial charge in [-0.1, -0.05) is 0 Å². The lowest BCUT2D eigenvalue weighted by Gasteiger charge is -2.09. The number of benzene rings is 1. The van der Waals surface area contributed by atoms with Crippen molar-refractivity contribution in [1.29, 1.82) is 0 Å². The number of amides is 1. The zero-order valence-electron chi connectivity index (χ0n) is 12.0. The minimum atomic E-state index is -4.59. The van der Waals surface area contributed by atoms with E-state index in [2.05, 4.69) is 0 Å². The molecule has 24 heavy (non-hydrogen) atoms. The van der Waals surface area contributed by atoms with E-state index in [-0.39, 0.29) is 0 Å². The highest BCUT2D eigenvalue weighted by Gasteiger charge is 2.25. The molecule has 5 nitrogen and oxygen atoms in total. The van der Waals surface area contributed by atoms with E-state index in [1.54, 1.807) is 10.9 Å². The lowest BCUT2D eigenvalue weighted by Crippen LogP contribution is -2.41. The summed E-state index contributed by atoms with van der Waals surface area (Å²) in [6.07, 6.45) is 2.76. The van der Waals surface area contributed by atoms with Gasteiger partial charge >= 0.3 is 0 Å². The number of thiophene rings is 1. The Morgan fingerprint density at radius 2 is 1.88 bits per heavy atom. The van der Waals surface area contributed by atoms with Crippen molar-refractivity contribution in [3.05, 3.63) is 51.0 Å². The third-order valence-corrected chi connectivity index (χ3v) is 6.06. The predicted molar refractivity (Wildman–Crippen MR) is 80.4 cm³/mol. The van der Waals surface area contributed by atoms with Gasteiger partial charge in [0.2, 0.25) is 0 Å². The summed E-state index contributed by atoms with van der Waals surface area (Å²) in [5, 5.41) is 0. The van der Waals surface area contributed by atoms with Crippen LogP contribution in [0, 0.1) is 17.5 Å². The first-order valence-electron chi connectivity index (χ1n) is 6.87. The Morgan fingerprint density at radius 3 is 2.58 bits per heavy atom. The van der Waals surface area contributed by atoms with Gasteiger partial charge in [0.05, 0.1) is 4.88 Å². The Balaban J connectivity index is 1.75. The maximum Gasteiger partial charge on any atom is 0.276 e. The van der Waals surface area contributed by atoms with Gasteiger partial charge in [-0.3, -0.25) is 10.2 Å². The molecule has 128 valence electrons. The third-order valence-electron chi connectivity index (χ3n) is 3.56. The van der Waals surface area contributed by atoms with Gasteiger partial charge in [0.15, 0.2) is 17.5 Å². The molecule has 0 radical (unpaired) electrons. The molecule has 1 amide bonds. The van der Waals surface area contributed by atoms with Crippen molar-refractivity contribution in [2.24, 2.45) is 0 Å². The number of halogens is 3. The van der Waals surface area contributed by atoms with Crippen molar-refractivity contribution >= 4 is 27.3 Å². The number of hydrogen-bond donors (Lipinski definition) is 2. The maximum atomic E-state index is 13.6. The van der Waals surface area contributed by atoms with Crippen LogP contribution in [0.4, 0.5) is 13.2 Å². The summed E-state index contributed by atoms with van der Waals surface area (Å²) in [6, 6.07) is 2.73. The van der Waals surface area contributed by atoms with Gasteiger partial charge in [-0.25, -0.2) is 21.6 Å². The molecule has 1 aliphatic rings.